The van der Waals surface area contributed by atoms with Crippen molar-refractivity contribution < 1.29 is 34.8 Å². The summed E-state index contributed by atoms with van der Waals surface area (Å²) in [5.41, 5.74) is 3.82. The van der Waals surface area contributed by atoms with Crippen LogP contribution in [-0.2, 0) is 22.6 Å². The van der Waals surface area contributed by atoms with Crippen LogP contribution in [0.3, 0.4) is 0 Å². The second-order valence-electron chi connectivity index (χ2n) is 12.6. The molecule has 1 fully saturated rings. The van der Waals surface area contributed by atoms with Crippen molar-refractivity contribution in [3.05, 3.63) is 45.4 Å². The molecule has 3 aliphatic carbocycles. The lowest BCUT2D eigenvalue weighted by Gasteiger charge is -2.50. The number of carbonyl (C=O) groups is 3. The Morgan fingerprint density at radius 2 is 1.71 bits per heavy atom. The molecule has 6 atom stereocenters. The van der Waals surface area contributed by atoms with Crippen molar-refractivity contribution in [3.8, 4) is 5.75 Å². The SMILES string of the molecule is CC1CCC(C)N1Cc1cc(N(C)C)c2c(c1O)C(=O)C1=C(O)C3(O)C(=O)C(C(N)=O)=C(O)C(N(C)C)[C@@H]3C[C@@H]1C2. The fourth-order valence-electron chi connectivity index (χ4n) is 7.63. The Bertz CT molecular complexity index is 1400. The van der Waals surface area contributed by atoms with Crippen LogP contribution in [0.25, 0.3) is 0 Å². The number of likely N-dealkylation sites (N-methyl/N-ethyl adjacent to an activating group) is 1. The van der Waals surface area contributed by atoms with Gasteiger partial charge in [0, 0.05) is 55.5 Å². The molecule has 1 aromatic carbocycles. The topological polar surface area (TPSA) is 168 Å². The van der Waals surface area contributed by atoms with E-state index in [1.165, 1.54) is 0 Å². The van der Waals surface area contributed by atoms with Gasteiger partial charge in [-0.05, 0) is 71.2 Å². The number of nitrogens with two attached hydrogens (primary N) is 1. The van der Waals surface area contributed by atoms with Gasteiger partial charge in [0.1, 0.15) is 22.8 Å². The molecule has 6 N–H and O–H groups in total. The van der Waals surface area contributed by atoms with Gasteiger partial charge in [0.25, 0.3) is 5.91 Å². The number of allylic oxidation sites excluding steroid dienone is 1. The van der Waals surface area contributed by atoms with E-state index in [0.29, 0.717) is 29.8 Å². The molecule has 0 saturated carbocycles. The van der Waals surface area contributed by atoms with Gasteiger partial charge in [0.05, 0.1) is 11.6 Å². The molecular weight excluding hydrogens is 528 g/mol. The quantitative estimate of drug-likeness (QED) is 0.329. The summed E-state index contributed by atoms with van der Waals surface area (Å²) in [5, 5.41) is 45.8. The number of likely N-dealkylation sites (tertiary alicyclic amines) is 1. The van der Waals surface area contributed by atoms with Crippen molar-refractivity contribution in [2.24, 2.45) is 17.6 Å². The van der Waals surface area contributed by atoms with E-state index in [4.69, 9.17) is 5.73 Å². The van der Waals surface area contributed by atoms with Crippen molar-refractivity contribution in [1.29, 1.82) is 0 Å². The number of phenolic OH excluding ortho intramolecular Hbond substituents is 1. The van der Waals surface area contributed by atoms with Gasteiger partial charge in [-0.3, -0.25) is 24.2 Å². The number of hydrogen-bond donors (Lipinski definition) is 5. The third-order valence-corrected chi connectivity index (χ3v) is 9.75. The summed E-state index contributed by atoms with van der Waals surface area (Å²) in [6.07, 6.45) is 2.39. The third-order valence-electron chi connectivity index (χ3n) is 9.75. The predicted molar refractivity (Wildman–Crippen MR) is 152 cm³/mol. The van der Waals surface area contributed by atoms with Crippen LogP contribution < -0.4 is 10.6 Å². The fourth-order valence-corrected chi connectivity index (χ4v) is 7.63. The number of carbonyl (C=O) groups excluding carboxylic acids is 3. The highest BCUT2D eigenvalue weighted by Crippen LogP contribution is 2.53. The Labute approximate surface area is 239 Å². The lowest BCUT2D eigenvalue weighted by molar-refractivity contribution is -0.148. The first-order chi connectivity index (χ1) is 19.1. The number of Topliss-reactive ketones (excluding diaryl/α,β-unsaturated/α-hetero) is 2. The Balaban J connectivity index is 1.69. The Hall–Kier alpha value is -3.41. The molecular formula is C30H40N4O7. The van der Waals surface area contributed by atoms with Crippen LogP contribution >= 0.6 is 0 Å². The molecule has 1 aliphatic heterocycles. The number of nitrogens with zero attached hydrogens (tertiary/aromatic N) is 3. The molecule has 1 saturated heterocycles. The second kappa shape index (κ2) is 9.85. The Morgan fingerprint density at radius 3 is 2.24 bits per heavy atom. The summed E-state index contributed by atoms with van der Waals surface area (Å²) < 4.78 is 0. The number of hydrogen-bond acceptors (Lipinski definition) is 10. The first-order valence-corrected chi connectivity index (χ1v) is 14.1. The van der Waals surface area contributed by atoms with E-state index in [0.717, 1.165) is 18.5 Å². The molecule has 11 heteroatoms. The van der Waals surface area contributed by atoms with E-state index in [1.807, 2.05) is 25.1 Å². The molecule has 41 heavy (non-hydrogen) atoms. The molecule has 1 heterocycles. The van der Waals surface area contributed by atoms with Crippen molar-refractivity contribution in [2.45, 2.75) is 69.8 Å². The van der Waals surface area contributed by atoms with Gasteiger partial charge >= 0.3 is 0 Å². The van der Waals surface area contributed by atoms with Crippen LogP contribution in [0, 0.1) is 11.8 Å². The second-order valence-corrected chi connectivity index (χ2v) is 12.6. The van der Waals surface area contributed by atoms with Crippen LogP contribution in [0.5, 0.6) is 5.75 Å². The van der Waals surface area contributed by atoms with Gasteiger partial charge in [0.15, 0.2) is 11.4 Å². The number of benzene rings is 1. The number of ketones is 2. The minimum Gasteiger partial charge on any atom is -0.510 e. The minimum absolute atomic E-state index is 0.0477. The zero-order chi connectivity index (χ0) is 30.3. The lowest BCUT2D eigenvalue weighted by atomic mass is 9.58. The van der Waals surface area contributed by atoms with Crippen molar-refractivity contribution in [2.75, 3.05) is 33.1 Å². The maximum atomic E-state index is 14.2. The molecule has 0 aromatic heterocycles. The van der Waals surface area contributed by atoms with Gasteiger partial charge in [0.2, 0.25) is 5.78 Å². The van der Waals surface area contributed by atoms with Gasteiger partial charge in [-0.1, -0.05) is 0 Å². The van der Waals surface area contributed by atoms with Gasteiger partial charge in [-0.2, -0.15) is 0 Å². The molecule has 0 bridgehead atoms. The first kappa shape index (κ1) is 29.1. The zero-order valence-electron chi connectivity index (χ0n) is 24.4. The highest BCUT2D eigenvalue weighted by Gasteiger charge is 2.63. The molecule has 222 valence electrons. The number of amides is 1. The van der Waals surface area contributed by atoms with Crippen LogP contribution in [0.1, 0.15) is 54.6 Å². The van der Waals surface area contributed by atoms with Crippen LogP contribution in [0.15, 0.2) is 28.7 Å². The molecule has 4 unspecified atom stereocenters. The highest BCUT2D eigenvalue weighted by atomic mass is 16.3. The summed E-state index contributed by atoms with van der Waals surface area (Å²) in [6.45, 7) is 4.71. The normalized spacial score (nSPS) is 31.9. The smallest absolute Gasteiger partial charge is 0.255 e. The van der Waals surface area contributed by atoms with E-state index < -0.39 is 58.0 Å². The standard InChI is InChI=1S/C30H40N4O7/c1-13-7-8-14(2)34(13)12-16-11-19(32(3)4)17-9-15-10-18-23(33(5)6)26(37)22(29(31)40)28(39)30(18,41)27(38)20(15)25(36)21(17)24(16)35/h11,13-15,18,23,35,37-38,41H,7-10,12H2,1-6H3,(H2,31,40)/t13?,14?,15-,18-,23?,30?/m0/s1. The van der Waals surface area contributed by atoms with Crippen LogP contribution in [0.2, 0.25) is 0 Å². The summed E-state index contributed by atoms with van der Waals surface area (Å²) in [5.74, 6) is -6.42. The molecule has 1 aromatic rings. The molecule has 11 nitrogen and oxygen atoms in total. The van der Waals surface area contributed by atoms with Gasteiger partial charge < -0.3 is 31.1 Å². The maximum absolute atomic E-state index is 14.2. The average Bonchev–Trinajstić information content (AvgIpc) is 3.19. The molecule has 5 rings (SSSR count). The number of rotatable bonds is 5. The number of aromatic hydroxyl groups is 1. The Morgan fingerprint density at radius 1 is 1.10 bits per heavy atom. The fraction of sp³-hybridized carbons (Fsp3) is 0.567. The van der Waals surface area contributed by atoms with E-state index in [2.05, 4.69) is 18.7 Å². The highest BCUT2D eigenvalue weighted by molar-refractivity contribution is 6.25. The van der Waals surface area contributed by atoms with Crippen molar-refractivity contribution >= 4 is 23.2 Å². The van der Waals surface area contributed by atoms with Crippen LogP contribution in [-0.4, -0.2) is 99.6 Å². The monoisotopic (exact) mass is 568 g/mol. The summed E-state index contributed by atoms with van der Waals surface area (Å²) in [4.78, 5) is 45.6. The summed E-state index contributed by atoms with van der Waals surface area (Å²) >= 11 is 0. The molecule has 1 amide bonds. The van der Waals surface area contributed by atoms with Crippen molar-refractivity contribution in [1.82, 2.24) is 9.80 Å². The van der Waals surface area contributed by atoms with Crippen molar-refractivity contribution in [3.63, 3.8) is 0 Å². The number of anilines is 1. The van der Waals surface area contributed by atoms with Gasteiger partial charge in [-0.15, -0.1) is 0 Å². The number of aliphatic hydroxyl groups is 3. The summed E-state index contributed by atoms with van der Waals surface area (Å²) in [7, 11) is 6.94. The number of aliphatic hydroxyl groups excluding tert-OH is 2. The summed E-state index contributed by atoms with van der Waals surface area (Å²) in [6, 6.07) is 1.51. The largest absolute Gasteiger partial charge is 0.510 e. The Kier molecular flexibility index (Phi) is 6.99. The lowest BCUT2D eigenvalue weighted by Crippen LogP contribution is -2.63. The van der Waals surface area contributed by atoms with E-state index in [-0.39, 0.29) is 29.7 Å². The van der Waals surface area contributed by atoms with E-state index in [9.17, 15) is 34.8 Å². The number of primary amides is 1. The van der Waals surface area contributed by atoms with E-state index in [1.54, 1.807) is 19.0 Å². The van der Waals surface area contributed by atoms with E-state index >= 15 is 0 Å². The predicted octanol–water partition coefficient (Wildman–Crippen LogP) is 1.56. The maximum Gasteiger partial charge on any atom is 0.255 e. The van der Waals surface area contributed by atoms with Gasteiger partial charge in [-0.25, -0.2) is 0 Å². The van der Waals surface area contributed by atoms with Crippen LogP contribution in [0.4, 0.5) is 5.69 Å². The molecule has 0 radical (unpaired) electrons. The first-order valence-electron chi connectivity index (χ1n) is 14.1. The third kappa shape index (κ3) is 4.08. The average molecular weight is 569 g/mol. The zero-order valence-corrected chi connectivity index (χ0v) is 24.4. The number of fused-ring (bicyclic) bond motifs is 3. The molecule has 0 spiro atoms. The molecule has 4 aliphatic rings. The number of phenols is 1. The minimum atomic E-state index is -2.65.